The highest BCUT2D eigenvalue weighted by Crippen LogP contribution is 2.22. The van der Waals surface area contributed by atoms with E-state index in [1.807, 2.05) is 16.8 Å². The first-order chi connectivity index (χ1) is 10.0. The predicted molar refractivity (Wildman–Crippen MR) is 82.1 cm³/mol. The van der Waals surface area contributed by atoms with Crippen molar-refractivity contribution < 1.29 is 14.3 Å². The second-order valence-electron chi connectivity index (χ2n) is 4.76. The normalized spacial score (nSPS) is 11.0. The van der Waals surface area contributed by atoms with E-state index < -0.39 is 5.97 Å². The minimum atomic E-state index is -0.974. The van der Waals surface area contributed by atoms with E-state index in [0.29, 0.717) is 12.1 Å². The van der Waals surface area contributed by atoms with Crippen LogP contribution >= 0.6 is 15.9 Å². The summed E-state index contributed by atoms with van der Waals surface area (Å²) in [6.07, 6.45) is 1.83. The van der Waals surface area contributed by atoms with Crippen LogP contribution in [0.15, 0.2) is 53.1 Å². The van der Waals surface area contributed by atoms with Crippen LogP contribution in [-0.2, 0) is 6.54 Å². The summed E-state index contributed by atoms with van der Waals surface area (Å²) in [4.78, 5) is 11.1. The Morgan fingerprint density at radius 2 is 2.00 bits per heavy atom. The highest BCUT2D eigenvalue weighted by molar-refractivity contribution is 9.10. The van der Waals surface area contributed by atoms with Crippen molar-refractivity contribution in [2.75, 3.05) is 0 Å². The molecule has 0 radical (unpaired) electrons. The lowest BCUT2D eigenvalue weighted by Crippen LogP contribution is -2.02. The standard InChI is InChI=1S/C16H11BrFNO2/c17-13-3-4-14(18)12(7-13)9-19-6-5-10-1-2-11(16(20)21)8-15(10)19/h1-8H,9H2,(H,20,21). The van der Waals surface area contributed by atoms with Gasteiger partial charge in [0.2, 0.25) is 0 Å². The van der Waals surface area contributed by atoms with Crippen LogP contribution in [-0.4, -0.2) is 15.6 Å². The van der Waals surface area contributed by atoms with Gasteiger partial charge in [-0.3, -0.25) is 0 Å². The Bertz CT molecular complexity index is 841. The summed E-state index contributed by atoms with van der Waals surface area (Å²) in [7, 11) is 0. The minimum Gasteiger partial charge on any atom is -0.478 e. The van der Waals surface area contributed by atoms with Gasteiger partial charge in [0.05, 0.1) is 12.1 Å². The molecule has 0 saturated carbocycles. The highest BCUT2D eigenvalue weighted by Gasteiger charge is 2.09. The number of nitrogens with zero attached hydrogens (tertiary/aromatic N) is 1. The molecule has 1 N–H and O–H groups in total. The molecule has 0 bridgehead atoms. The van der Waals surface area contributed by atoms with Crippen LogP contribution in [0.25, 0.3) is 10.9 Å². The van der Waals surface area contributed by atoms with Crippen molar-refractivity contribution in [3.05, 3.63) is 70.1 Å². The molecule has 0 unspecified atom stereocenters. The van der Waals surface area contributed by atoms with Gasteiger partial charge in [0.15, 0.2) is 0 Å². The SMILES string of the molecule is O=C(O)c1ccc2ccn(Cc3cc(Br)ccc3F)c2c1. The van der Waals surface area contributed by atoms with E-state index in [-0.39, 0.29) is 11.4 Å². The molecule has 0 fully saturated rings. The molecule has 21 heavy (non-hydrogen) atoms. The van der Waals surface area contributed by atoms with E-state index in [9.17, 15) is 9.18 Å². The molecule has 3 nitrogen and oxygen atoms in total. The lowest BCUT2D eigenvalue weighted by molar-refractivity contribution is 0.0697. The molecule has 0 aliphatic heterocycles. The van der Waals surface area contributed by atoms with Crippen LogP contribution in [0.3, 0.4) is 0 Å². The van der Waals surface area contributed by atoms with Crippen LogP contribution in [0.1, 0.15) is 15.9 Å². The van der Waals surface area contributed by atoms with Crippen LogP contribution in [0.2, 0.25) is 0 Å². The summed E-state index contributed by atoms with van der Waals surface area (Å²) in [6.45, 7) is 0.345. The molecule has 2 aromatic carbocycles. The molecule has 0 aliphatic rings. The Kier molecular flexibility index (Phi) is 3.51. The number of hydrogen-bond acceptors (Lipinski definition) is 1. The van der Waals surface area contributed by atoms with Gasteiger partial charge in [-0.1, -0.05) is 22.0 Å². The topological polar surface area (TPSA) is 42.2 Å². The smallest absolute Gasteiger partial charge is 0.335 e. The largest absolute Gasteiger partial charge is 0.478 e. The number of rotatable bonds is 3. The van der Waals surface area contributed by atoms with Crippen molar-refractivity contribution in [3.8, 4) is 0 Å². The van der Waals surface area contributed by atoms with E-state index >= 15 is 0 Å². The summed E-state index contributed by atoms with van der Waals surface area (Å²) in [5.41, 5.74) is 1.54. The van der Waals surface area contributed by atoms with Crippen LogP contribution in [0.5, 0.6) is 0 Å². The summed E-state index contributed by atoms with van der Waals surface area (Å²) in [6, 6.07) is 11.6. The quantitative estimate of drug-likeness (QED) is 0.767. The molecule has 3 aromatic rings. The molecule has 0 amide bonds. The second-order valence-corrected chi connectivity index (χ2v) is 5.67. The number of fused-ring (bicyclic) bond motifs is 1. The number of aromatic carboxylic acids is 1. The Labute approximate surface area is 128 Å². The Morgan fingerprint density at radius 1 is 1.19 bits per heavy atom. The molecular weight excluding hydrogens is 337 g/mol. The first-order valence-electron chi connectivity index (χ1n) is 6.31. The molecule has 0 atom stereocenters. The van der Waals surface area contributed by atoms with Crippen molar-refractivity contribution >= 4 is 32.8 Å². The summed E-state index contributed by atoms with van der Waals surface area (Å²) >= 11 is 3.33. The van der Waals surface area contributed by atoms with Crippen LogP contribution in [0, 0.1) is 5.82 Å². The Balaban J connectivity index is 2.06. The Hall–Kier alpha value is -2.14. The molecular formula is C16H11BrFNO2. The highest BCUT2D eigenvalue weighted by atomic mass is 79.9. The number of halogens is 2. The number of benzene rings is 2. The third-order valence-electron chi connectivity index (χ3n) is 3.37. The van der Waals surface area contributed by atoms with Gasteiger partial charge >= 0.3 is 5.97 Å². The molecule has 5 heteroatoms. The predicted octanol–water partition coefficient (Wildman–Crippen LogP) is 4.29. The number of aromatic nitrogens is 1. The van der Waals surface area contributed by atoms with E-state index in [1.165, 1.54) is 6.07 Å². The molecule has 106 valence electrons. The van der Waals surface area contributed by atoms with E-state index in [4.69, 9.17) is 5.11 Å². The van der Waals surface area contributed by atoms with Crippen molar-refractivity contribution in [3.63, 3.8) is 0 Å². The molecule has 0 saturated heterocycles. The van der Waals surface area contributed by atoms with Crippen molar-refractivity contribution in [2.45, 2.75) is 6.54 Å². The third kappa shape index (κ3) is 2.69. The number of hydrogen-bond donors (Lipinski definition) is 1. The monoisotopic (exact) mass is 347 g/mol. The van der Waals surface area contributed by atoms with Crippen molar-refractivity contribution in [2.24, 2.45) is 0 Å². The third-order valence-corrected chi connectivity index (χ3v) is 3.86. The number of carbonyl (C=O) groups is 1. The van der Waals surface area contributed by atoms with E-state index in [2.05, 4.69) is 15.9 Å². The summed E-state index contributed by atoms with van der Waals surface area (Å²) < 4.78 is 16.5. The van der Waals surface area contributed by atoms with Gasteiger partial charge in [-0.2, -0.15) is 0 Å². The average Bonchev–Trinajstić information content (AvgIpc) is 2.85. The molecule has 0 aliphatic carbocycles. The van der Waals surface area contributed by atoms with E-state index in [1.54, 1.807) is 30.3 Å². The van der Waals surface area contributed by atoms with Gasteiger partial charge in [-0.15, -0.1) is 0 Å². The van der Waals surface area contributed by atoms with Gasteiger partial charge in [0.25, 0.3) is 0 Å². The molecule has 1 heterocycles. The maximum absolute atomic E-state index is 13.8. The Morgan fingerprint density at radius 3 is 2.76 bits per heavy atom. The fourth-order valence-corrected chi connectivity index (χ4v) is 2.71. The van der Waals surface area contributed by atoms with Gasteiger partial charge in [0, 0.05) is 21.7 Å². The van der Waals surface area contributed by atoms with Crippen molar-refractivity contribution in [1.82, 2.24) is 4.57 Å². The lowest BCUT2D eigenvalue weighted by atomic mass is 10.1. The first kappa shape index (κ1) is 13.8. The molecule has 3 rings (SSSR count). The average molecular weight is 348 g/mol. The number of carboxylic acids is 1. The maximum atomic E-state index is 13.8. The summed E-state index contributed by atoms with van der Waals surface area (Å²) in [5.74, 6) is -1.26. The second kappa shape index (κ2) is 5.33. The number of carboxylic acid groups (broad SMARTS) is 1. The zero-order valence-electron chi connectivity index (χ0n) is 10.9. The molecule has 1 aromatic heterocycles. The maximum Gasteiger partial charge on any atom is 0.335 e. The molecule has 0 spiro atoms. The zero-order valence-corrected chi connectivity index (χ0v) is 12.5. The van der Waals surface area contributed by atoms with Gasteiger partial charge in [-0.25, -0.2) is 9.18 Å². The van der Waals surface area contributed by atoms with Gasteiger partial charge < -0.3 is 9.67 Å². The first-order valence-corrected chi connectivity index (χ1v) is 7.10. The van der Waals surface area contributed by atoms with E-state index in [0.717, 1.165) is 15.4 Å². The van der Waals surface area contributed by atoms with Crippen molar-refractivity contribution in [1.29, 1.82) is 0 Å². The van der Waals surface area contributed by atoms with Gasteiger partial charge in [-0.05, 0) is 41.8 Å². The van der Waals surface area contributed by atoms with Crippen LogP contribution < -0.4 is 0 Å². The minimum absolute atomic E-state index is 0.220. The fourth-order valence-electron chi connectivity index (χ4n) is 2.30. The van der Waals surface area contributed by atoms with Crippen LogP contribution in [0.4, 0.5) is 4.39 Å². The zero-order chi connectivity index (χ0) is 15.0. The lowest BCUT2D eigenvalue weighted by Gasteiger charge is -2.08. The summed E-state index contributed by atoms with van der Waals surface area (Å²) in [5, 5.41) is 9.99. The van der Waals surface area contributed by atoms with Gasteiger partial charge in [0.1, 0.15) is 5.82 Å². The fraction of sp³-hybridized carbons (Fsp3) is 0.0625.